The lowest BCUT2D eigenvalue weighted by Gasteiger charge is -2.20. The molecule has 1 aromatic carbocycles. The number of nitrogens with zero attached hydrogens (tertiary/aromatic N) is 3. The van der Waals surface area contributed by atoms with Gasteiger partial charge in [0.2, 0.25) is 5.91 Å². The zero-order valence-corrected chi connectivity index (χ0v) is 15.4. The monoisotopic (exact) mass is 392 g/mol. The van der Waals surface area contributed by atoms with Gasteiger partial charge in [-0.05, 0) is 24.6 Å². The van der Waals surface area contributed by atoms with Crippen LogP contribution in [0, 0.1) is 5.92 Å². The summed E-state index contributed by atoms with van der Waals surface area (Å²) in [6.45, 7) is 2.11. The molecule has 27 heavy (non-hydrogen) atoms. The van der Waals surface area contributed by atoms with Crippen LogP contribution >= 0.6 is 11.3 Å². The second-order valence-corrected chi connectivity index (χ2v) is 7.46. The molecule has 1 saturated heterocycles. The molecule has 0 bridgehead atoms. The number of hydrogen-bond acceptors (Lipinski definition) is 5. The predicted molar refractivity (Wildman–Crippen MR) is 98.1 cm³/mol. The molecule has 9 heteroatoms. The third kappa shape index (κ3) is 3.78. The van der Waals surface area contributed by atoms with Gasteiger partial charge >= 0.3 is 0 Å². The zero-order chi connectivity index (χ0) is 19.0. The summed E-state index contributed by atoms with van der Waals surface area (Å²) in [5, 5.41) is 6.82. The van der Waals surface area contributed by atoms with Gasteiger partial charge < -0.3 is 10.1 Å². The molecule has 1 amide bonds. The zero-order valence-electron chi connectivity index (χ0n) is 14.6. The molecular formula is C18H18F2N4O2S. The van der Waals surface area contributed by atoms with E-state index in [1.165, 1.54) is 16.0 Å². The molecule has 1 N–H and O–H groups in total. The van der Waals surface area contributed by atoms with Crippen LogP contribution in [0.3, 0.4) is 0 Å². The summed E-state index contributed by atoms with van der Waals surface area (Å²) >= 11 is 1.48. The van der Waals surface area contributed by atoms with Gasteiger partial charge in [0.05, 0.1) is 21.9 Å². The number of amides is 1. The summed E-state index contributed by atoms with van der Waals surface area (Å²) in [7, 11) is 0. The highest BCUT2D eigenvalue weighted by Gasteiger charge is 2.28. The lowest BCUT2D eigenvalue weighted by Crippen LogP contribution is -2.25. The van der Waals surface area contributed by atoms with Gasteiger partial charge in [0.15, 0.2) is 0 Å². The smallest absolute Gasteiger partial charge is 0.257 e. The summed E-state index contributed by atoms with van der Waals surface area (Å²) < 4.78 is 33.5. The Morgan fingerprint density at radius 1 is 1.41 bits per heavy atom. The first-order valence-electron chi connectivity index (χ1n) is 8.61. The van der Waals surface area contributed by atoms with Gasteiger partial charge in [-0.1, -0.05) is 0 Å². The average Bonchev–Trinajstić information content (AvgIpc) is 3.34. The molecule has 2 aromatic heterocycles. The van der Waals surface area contributed by atoms with Crippen molar-refractivity contribution in [2.24, 2.45) is 5.92 Å². The number of rotatable bonds is 6. The fraction of sp³-hybridized carbons (Fsp3) is 0.389. The fourth-order valence-electron chi connectivity index (χ4n) is 3.20. The van der Waals surface area contributed by atoms with E-state index in [9.17, 15) is 13.6 Å². The minimum atomic E-state index is -2.46. The Hall–Kier alpha value is -2.55. The third-order valence-electron chi connectivity index (χ3n) is 4.67. The topological polar surface area (TPSA) is 69.0 Å². The SMILES string of the molecule is C[C@H](Oc1cc(-c2cnn(CC(F)F)c2)cc2ncsc12)[C@@H]1CNC(=O)C1. The number of thiazole rings is 1. The van der Waals surface area contributed by atoms with Gasteiger partial charge in [-0.15, -0.1) is 11.3 Å². The second-order valence-electron chi connectivity index (χ2n) is 6.61. The number of ether oxygens (including phenoxy) is 1. The summed E-state index contributed by atoms with van der Waals surface area (Å²) in [6.07, 6.45) is 0.995. The number of alkyl halides is 2. The van der Waals surface area contributed by atoms with Gasteiger partial charge in [0.25, 0.3) is 6.43 Å². The van der Waals surface area contributed by atoms with Crippen LogP contribution < -0.4 is 10.1 Å². The highest BCUT2D eigenvalue weighted by Crippen LogP contribution is 2.36. The molecule has 6 nitrogen and oxygen atoms in total. The molecule has 1 fully saturated rings. The number of carbonyl (C=O) groups is 1. The molecule has 1 aliphatic rings. The van der Waals surface area contributed by atoms with Crippen molar-refractivity contribution in [3.05, 3.63) is 30.0 Å². The van der Waals surface area contributed by atoms with Crippen LogP contribution in [0.4, 0.5) is 8.78 Å². The molecule has 0 spiro atoms. The van der Waals surface area contributed by atoms with Gasteiger partial charge in [-0.3, -0.25) is 9.48 Å². The molecule has 1 aliphatic heterocycles. The molecule has 3 heterocycles. The highest BCUT2D eigenvalue weighted by atomic mass is 32.1. The van der Waals surface area contributed by atoms with Crippen molar-refractivity contribution in [2.75, 3.05) is 6.54 Å². The van der Waals surface area contributed by atoms with E-state index in [2.05, 4.69) is 15.4 Å². The Labute approximate surface area is 158 Å². The maximum atomic E-state index is 12.6. The standard InChI is InChI=1S/C18H18F2N4O2S/c1-10(12-4-17(25)21-5-12)26-15-3-11(2-14-18(15)27-9-22-14)13-6-23-24(7-13)8-16(19)20/h2-3,6-7,9-10,12,16H,4-5,8H2,1H3,(H,21,25)/t10-,12-/m0/s1. The van der Waals surface area contributed by atoms with E-state index < -0.39 is 13.0 Å². The molecule has 0 radical (unpaired) electrons. The molecule has 0 saturated carbocycles. The fourth-order valence-corrected chi connectivity index (χ4v) is 3.93. The first kappa shape index (κ1) is 17.8. The Kier molecular flexibility index (Phi) is 4.77. The van der Waals surface area contributed by atoms with Crippen LogP contribution in [0.25, 0.3) is 21.3 Å². The Bertz CT molecular complexity index is 971. The van der Waals surface area contributed by atoms with E-state index in [-0.39, 0.29) is 17.9 Å². The van der Waals surface area contributed by atoms with E-state index in [0.717, 1.165) is 21.3 Å². The Morgan fingerprint density at radius 3 is 3.00 bits per heavy atom. The molecular weight excluding hydrogens is 374 g/mol. The maximum absolute atomic E-state index is 12.6. The maximum Gasteiger partial charge on any atom is 0.257 e. The summed E-state index contributed by atoms with van der Waals surface area (Å²) in [5.41, 5.74) is 4.05. The quantitative estimate of drug-likeness (QED) is 0.699. The van der Waals surface area contributed by atoms with Crippen molar-refractivity contribution in [1.82, 2.24) is 20.1 Å². The van der Waals surface area contributed by atoms with Gasteiger partial charge in [0, 0.05) is 30.6 Å². The number of fused-ring (bicyclic) bond motifs is 1. The van der Waals surface area contributed by atoms with Crippen LogP contribution in [0.15, 0.2) is 30.0 Å². The Balaban J connectivity index is 1.63. The van der Waals surface area contributed by atoms with E-state index in [0.29, 0.717) is 18.7 Å². The lowest BCUT2D eigenvalue weighted by molar-refractivity contribution is -0.119. The minimum absolute atomic E-state index is 0.0404. The third-order valence-corrected chi connectivity index (χ3v) is 5.53. The van der Waals surface area contributed by atoms with Crippen LogP contribution in [0.5, 0.6) is 5.75 Å². The normalized spacial score (nSPS) is 18.2. The van der Waals surface area contributed by atoms with Crippen LogP contribution in [0.1, 0.15) is 13.3 Å². The molecule has 4 rings (SSSR count). The molecule has 2 atom stereocenters. The van der Waals surface area contributed by atoms with Gasteiger partial charge in [-0.2, -0.15) is 5.10 Å². The largest absolute Gasteiger partial charge is 0.489 e. The van der Waals surface area contributed by atoms with Gasteiger partial charge in [0.1, 0.15) is 18.4 Å². The highest BCUT2D eigenvalue weighted by molar-refractivity contribution is 7.17. The van der Waals surface area contributed by atoms with E-state index in [1.54, 1.807) is 17.9 Å². The summed E-state index contributed by atoms with van der Waals surface area (Å²) in [6, 6.07) is 3.78. The number of carbonyl (C=O) groups excluding carboxylic acids is 1. The number of hydrogen-bond donors (Lipinski definition) is 1. The van der Waals surface area contributed by atoms with Gasteiger partial charge in [-0.25, -0.2) is 13.8 Å². The first-order valence-corrected chi connectivity index (χ1v) is 9.49. The minimum Gasteiger partial charge on any atom is -0.489 e. The average molecular weight is 392 g/mol. The summed E-state index contributed by atoms with van der Waals surface area (Å²) in [4.78, 5) is 15.8. The summed E-state index contributed by atoms with van der Waals surface area (Å²) in [5.74, 6) is 0.829. The lowest BCUT2D eigenvalue weighted by atomic mass is 10.0. The number of aromatic nitrogens is 3. The first-order chi connectivity index (χ1) is 13.0. The molecule has 3 aromatic rings. The van der Waals surface area contributed by atoms with E-state index in [4.69, 9.17) is 4.74 Å². The molecule has 0 unspecified atom stereocenters. The predicted octanol–water partition coefficient (Wildman–Crippen LogP) is 3.33. The van der Waals surface area contributed by atoms with Crippen LogP contribution in [0.2, 0.25) is 0 Å². The van der Waals surface area contributed by atoms with Crippen molar-refractivity contribution < 1.29 is 18.3 Å². The van der Waals surface area contributed by atoms with Crippen molar-refractivity contribution in [2.45, 2.75) is 32.4 Å². The second kappa shape index (κ2) is 7.22. The molecule has 142 valence electrons. The van der Waals surface area contributed by atoms with Crippen LogP contribution in [-0.2, 0) is 11.3 Å². The van der Waals surface area contributed by atoms with Crippen molar-refractivity contribution in [3.63, 3.8) is 0 Å². The van der Waals surface area contributed by atoms with E-state index in [1.807, 2.05) is 19.1 Å². The van der Waals surface area contributed by atoms with Crippen molar-refractivity contribution in [3.8, 4) is 16.9 Å². The Morgan fingerprint density at radius 2 is 2.26 bits per heavy atom. The number of nitrogens with one attached hydrogen (secondary N) is 1. The number of halogens is 2. The van der Waals surface area contributed by atoms with Crippen molar-refractivity contribution >= 4 is 27.5 Å². The van der Waals surface area contributed by atoms with Crippen molar-refractivity contribution in [1.29, 1.82) is 0 Å². The van der Waals surface area contributed by atoms with Crippen LogP contribution in [-0.4, -0.2) is 39.7 Å². The molecule has 0 aliphatic carbocycles. The van der Waals surface area contributed by atoms with E-state index >= 15 is 0 Å². The number of benzene rings is 1.